The van der Waals surface area contributed by atoms with Crippen LogP contribution in [0.25, 0.3) is 10.9 Å². The fourth-order valence-electron chi connectivity index (χ4n) is 4.77. The zero-order valence-electron chi connectivity index (χ0n) is 20.7. The highest BCUT2D eigenvalue weighted by Gasteiger charge is 2.34. The van der Waals surface area contributed by atoms with E-state index in [0.717, 1.165) is 18.4 Å². The molecule has 35 heavy (non-hydrogen) atoms. The Morgan fingerprint density at radius 3 is 2.51 bits per heavy atom. The van der Waals surface area contributed by atoms with Crippen LogP contribution in [0.15, 0.2) is 42.7 Å². The first kappa shape index (κ1) is 24.8. The highest BCUT2D eigenvalue weighted by Crippen LogP contribution is 2.29. The van der Waals surface area contributed by atoms with Crippen molar-refractivity contribution in [2.24, 2.45) is 11.3 Å². The van der Waals surface area contributed by atoms with E-state index >= 15 is 0 Å². The van der Waals surface area contributed by atoms with E-state index < -0.39 is 23.2 Å². The SMILES string of the molecule is CC(C)(C)[C@H](NC(=O)c1nn(CC2CCCCC2)c2c(F)cccc12)C(=O)NCc1ccncc1. The smallest absolute Gasteiger partial charge is 0.273 e. The number of para-hydroxylation sites is 1. The Hall–Kier alpha value is -3.29. The molecule has 0 unspecified atom stereocenters. The van der Waals surface area contributed by atoms with E-state index in [4.69, 9.17) is 0 Å². The van der Waals surface area contributed by atoms with Gasteiger partial charge < -0.3 is 10.6 Å². The Balaban J connectivity index is 1.56. The van der Waals surface area contributed by atoms with Gasteiger partial charge in [0.2, 0.25) is 5.91 Å². The molecule has 1 fully saturated rings. The van der Waals surface area contributed by atoms with E-state index in [2.05, 4.69) is 20.7 Å². The number of halogens is 1. The average Bonchev–Trinajstić information content (AvgIpc) is 3.21. The number of amides is 2. The van der Waals surface area contributed by atoms with Crippen molar-refractivity contribution in [3.8, 4) is 0 Å². The van der Waals surface area contributed by atoms with Crippen LogP contribution < -0.4 is 10.6 Å². The van der Waals surface area contributed by atoms with E-state index in [1.807, 2.05) is 32.9 Å². The second-order valence-electron chi connectivity index (χ2n) is 10.5. The number of pyridine rings is 1. The molecule has 1 atom stereocenters. The molecule has 2 aromatic heterocycles. The number of hydrogen-bond donors (Lipinski definition) is 2. The van der Waals surface area contributed by atoms with E-state index in [9.17, 15) is 14.0 Å². The fraction of sp³-hybridized carbons (Fsp3) is 0.481. The lowest BCUT2D eigenvalue weighted by Crippen LogP contribution is -2.53. The lowest BCUT2D eigenvalue weighted by molar-refractivity contribution is -0.125. The van der Waals surface area contributed by atoms with Crippen LogP contribution in [0.1, 0.15) is 68.9 Å². The van der Waals surface area contributed by atoms with Crippen LogP contribution in [0, 0.1) is 17.2 Å². The molecule has 0 saturated heterocycles. The van der Waals surface area contributed by atoms with Crippen molar-refractivity contribution >= 4 is 22.7 Å². The molecule has 186 valence electrons. The first-order valence-electron chi connectivity index (χ1n) is 12.4. The Labute approximate surface area is 205 Å². The van der Waals surface area contributed by atoms with Crippen molar-refractivity contribution < 1.29 is 14.0 Å². The van der Waals surface area contributed by atoms with Gasteiger partial charge in [-0.3, -0.25) is 19.3 Å². The molecule has 8 heteroatoms. The third kappa shape index (κ3) is 5.86. The second-order valence-corrected chi connectivity index (χ2v) is 10.5. The minimum absolute atomic E-state index is 0.145. The van der Waals surface area contributed by atoms with Gasteiger partial charge in [-0.1, -0.05) is 52.2 Å². The van der Waals surface area contributed by atoms with Crippen LogP contribution in [-0.2, 0) is 17.9 Å². The quantitative estimate of drug-likeness (QED) is 0.518. The molecule has 2 N–H and O–H groups in total. The van der Waals surface area contributed by atoms with Crippen LogP contribution in [-0.4, -0.2) is 32.6 Å². The van der Waals surface area contributed by atoms with Crippen LogP contribution in [0.2, 0.25) is 0 Å². The molecule has 1 saturated carbocycles. The number of rotatable bonds is 7. The van der Waals surface area contributed by atoms with Gasteiger partial charge in [-0.25, -0.2) is 4.39 Å². The van der Waals surface area contributed by atoms with Crippen molar-refractivity contribution in [1.29, 1.82) is 0 Å². The number of aromatic nitrogens is 3. The summed E-state index contributed by atoms with van der Waals surface area (Å²) in [6.07, 6.45) is 9.07. The zero-order chi connectivity index (χ0) is 25.0. The largest absolute Gasteiger partial charge is 0.350 e. The maximum atomic E-state index is 14.9. The van der Waals surface area contributed by atoms with E-state index in [1.165, 1.54) is 25.3 Å². The van der Waals surface area contributed by atoms with Gasteiger partial charge in [0.1, 0.15) is 17.4 Å². The number of benzene rings is 1. The van der Waals surface area contributed by atoms with Crippen LogP contribution in [0.4, 0.5) is 4.39 Å². The van der Waals surface area contributed by atoms with E-state index in [-0.39, 0.29) is 11.6 Å². The lowest BCUT2D eigenvalue weighted by Gasteiger charge is -2.30. The van der Waals surface area contributed by atoms with Gasteiger partial charge in [0.05, 0.1) is 0 Å². The molecule has 1 aromatic carbocycles. The van der Waals surface area contributed by atoms with Crippen molar-refractivity contribution in [3.05, 3.63) is 59.8 Å². The average molecular weight is 480 g/mol. The standard InChI is InChI=1S/C27H34FN5O2/c1-27(2,3)24(26(35)30-16-18-12-14-29-15-13-18)31-25(34)22-20-10-7-11-21(28)23(20)33(32-22)17-19-8-5-4-6-9-19/h7,10-15,19,24H,4-6,8-9,16-17H2,1-3H3,(H,30,35)(H,31,34)/t24-/m1/s1. The summed E-state index contributed by atoms with van der Waals surface area (Å²) in [5.74, 6) is -0.752. The van der Waals surface area contributed by atoms with Crippen molar-refractivity contribution in [1.82, 2.24) is 25.4 Å². The summed E-state index contributed by atoms with van der Waals surface area (Å²) in [4.78, 5) is 30.5. The van der Waals surface area contributed by atoms with Crippen LogP contribution >= 0.6 is 0 Å². The predicted octanol–water partition coefficient (Wildman–Crippen LogP) is 4.61. The maximum Gasteiger partial charge on any atom is 0.273 e. The molecular formula is C27H34FN5O2. The Kier molecular flexibility index (Phi) is 7.48. The zero-order valence-corrected chi connectivity index (χ0v) is 20.7. The van der Waals surface area contributed by atoms with E-state index in [0.29, 0.717) is 29.9 Å². The van der Waals surface area contributed by atoms with Crippen molar-refractivity contribution in [2.45, 2.75) is 72.0 Å². The molecule has 7 nitrogen and oxygen atoms in total. The summed E-state index contributed by atoms with van der Waals surface area (Å²) in [5.41, 5.74) is 0.850. The number of nitrogens with one attached hydrogen (secondary N) is 2. The first-order chi connectivity index (χ1) is 16.7. The summed E-state index contributed by atoms with van der Waals surface area (Å²) >= 11 is 0. The topological polar surface area (TPSA) is 88.9 Å². The predicted molar refractivity (Wildman–Crippen MR) is 133 cm³/mol. The molecule has 4 rings (SSSR count). The van der Waals surface area contributed by atoms with Crippen LogP contribution in [0.3, 0.4) is 0 Å². The Morgan fingerprint density at radius 1 is 1.11 bits per heavy atom. The summed E-state index contributed by atoms with van der Waals surface area (Å²) in [5, 5.41) is 10.8. The highest BCUT2D eigenvalue weighted by atomic mass is 19.1. The van der Waals surface area contributed by atoms with Gasteiger partial charge in [0.25, 0.3) is 5.91 Å². The number of carbonyl (C=O) groups excluding carboxylic acids is 2. The molecule has 0 spiro atoms. The van der Waals surface area contributed by atoms with Gasteiger partial charge in [0.15, 0.2) is 5.69 Å². The van der Waals surface area contributed by atoms with Gasteiger partial charge >= 0.3 is 0 Å². The molecule has 0 aliphatic heterocycles. The number of carbonyl (C=O) groups is 2. The third-order valence-corrected chi connectivity index (χ3v) is 6.71. The van der Waals surface area contributed by atoms with Crippen molar-refractivity contribution in [3.63, 3.8) is 0 Å². The van der Waals surface area contributed by atoms with E-state index in [1.54, 1.807) is 29.2 Å². The summed E-state index contributed by atoms with van der Waals surface area (Å²) in [6.45, 7) is 6.59. The van der Waals surface area contributed by atoms with Crippen molar-refractivity contribution in [2.75, 3.05) is 0 Å². The molecule has 0 bridgehead atoms. The Bertz CT molecular complexity index is 1180. The maximum absolute atomic E-state index is 14.9. The molecule has 0 radical (unpaired) electrons. The molecular weight excluding hydrogens is 445 g/mol. The van der Waals surface area contributed by atoms with Crippen LogP contribution in [0.5, 0.6) is 0 Å². The number of nitrogens with zero attached hydrogens (tertiary/aromatic N) is 3. The normalized spacial score (nSPS) is 15.7. The minimum Gasteiger partial charge on any atom is -0.350 e. The lowest BCUT2D eigenvalue weighted by atomic mass is 9.86. The first-order valence-corrected chi connectivity index (χ1v) is 12.4. The molecule has 2 amide bonds. The van der Waals surface area contributed by atoms with Gasteiger partial charge in [-0.15, -0.1) is 0 Å². The Morgan fingerprint density at radius 2 is 1.83 bits per heavy atom. The van der Waals surface area contributed by atoms with Gasteiger partial charge in [0, 0.05) is 30.9 Å². The van der Waals surface area contributed by atoms with Gasteiger partial charge in [-0.2, -0.15) is 5.10 Å². The highest BCUT2D eigenvalue weighted by molar-refractivity contribution is 6.06. The van der Waals surface area contributed by atoms with Gasteiger partial charge in [-0.05, 0) is 47.9 Å². The second kappa shape index (κ2) is 10.5. The summed E-state index contributed by atoms with van der Waals surface area (Å²) in [7, 11) is 0. The molecule has 1 aliphatic rings. The monoisotopic (exact) mass is 479 g/mol. The molecule has 1 aliphatic carbocycles. The summed E-state index contributed by atoms with van der Waals surface area (Å²) < 4.78 is 16.5. The molecule has 2 heterocycles. The fourth-order valence-corrected chi connectivity index (χ4v) is 4.77. The minimum atomic E-state index is -0.802. The third-order valence-electron chi connectivity index (χ3n) is 6.71. The number of fused-ring (bicyclic) bond motifs is 1. The summed E-state index contributed by atoms with van der Waals surface area (Å²) in [6, 6.07) is 7.55. The number of hydrogen-bond acceptors (Lipinski definition) is 4. The molecule has 3 aromatic rings.